The number of amides is 1. The first-order chi connectivity index (χ1) is 12.8. The minimum atomic E-state index is -0.690. The van der Waals surface area contributed by atoms with Crippen molar-refractivity contribution in [1.29, 1.82) is 0 Å². The molecule has 2 rings (SSSR count). The van der Waals surface area contributed by atoms with E-state index in [4.69, 9.17) is 32.7 Å². The first kappa shape index (κ1) is 20.7. The number of carbonyl (C=O) groups excluding carboxylic acids is 3. The van der Waals surface area contributed by atoms with Crippen LogP contribution < -0.4 is 10.1 Å². The predicted molar refractivity (Wildman–Crippen MR) is 101 cm³/mol. The van der Waals surface area contributed by atoms with Crippen molar-refractivity contribution in [3.63, 3.8) is 0 Å². The SMILES string of the molecule is CC(=O)c1ccc(OCC(=O)OCC(=O)NCc2ccc(Cl)cc2Cl)cc1. The fourth-order valence-electron chi connectivity index (χ4n) is 2.03. The van der Waals surface area contributed by atoms with E-state index in [-0.39, 0.29) is 18.9 Å². The maximum absolute atomic E-state index is 11.7. The van der Waals surface area contributed by atoms with Crippen molar-refractivity contribution in [3.8, 4) is 5.75 Å². The van der Waals surface area contributed by atoms with Crippen LogP contribution in [0.4, 0.5) is 0 Å². The van der Waals surface area contributed by atoms with Gasteiger partial charge in [0.2, 0.25) is 0 Å². The van der Waals surface area contributed by atoms with E-state index >= 15 is 0 Å². The monoisotopic (exact) mass is 409 g/mol. The molecular formula is C19H17Cl2NO5. The molecule has 6 nitrogen and oxygen atoms in total. The van der Waals surface area contributed by atoms with Crippen LogP contribution in [0, 0.1) is 0 Å². The molecule has 0 unspecified atom stereocenters. The quantitative estimate of drug-likeness (QED) is 0.533. The lowest BCUT2D eigenvalue weighted by Crippen LogP contribution is -2.29. The molecule has 8 heteroatoms. The molecule has 1 N–H and O–H groups in total. The van der Waals surface area contributed by atoms with E-state index in [1.807, 2.05) is 0 Å². The lowest BCUT2D eigenvalue weighted by molar-refractivity contribution is -0.150. The highest BCUT2D eigenvalue weighted by molar-refractivity contribution is 6.35. The summed E-state index contributed by atoms with van der Waals surface area (Å²) in [5.74, 6) is -0.809. The predicted octanol–water partition coefficient (Wildman–Crippen LogP) is 3.43. The van der Waals surface area contributed by atoms with Gasteiger partial charge in [0.1, 0.15) is 5.75 Å². The van der Waals surface area contributed by atoms with Gasteiger partial charge >= 0.3 is 5.97 Å². The lowest BCUT2D eigenvalue weighted by Gasteiger charge is -2.09. The Labute approximate surface area is 166 Å². The van der Waals surface area contributed by atoms with Gasteiger partial charge in [-0.15, -0.1) is 0 Å². The van der Waals surface area contributed by atoms with E-state index in [0.29, 0.717) is 26.9 Å². The number of hydrogen-bond acceptors (Lipinski definition) is 5. The molecule has 1 amide bonds. The van der Waals surface area contributed by atoms with Gasteiger partial charge in [-0.3, -0.25) is 9.59 Å². The second-order valence-corrected chi connectivity index (χ2v) is 6.39. The van der Waals surface area contributed by atoms with Crippen molar-refractivity contribution >= 4 is 40.9 Å². The second kappa shape index (κ2) is 9.94. The standard InChI is InChI=1S/C19H17Cl2NO5/c1-12(23)13-3-6-16(7-4-13)26-11-19(25)27-10-18(24)22-9-14-2-5-15(20)8-17(14)21/h2-8H,9-11H2,1H3,(H,22,24). The highest BCUT2D eigenvalue weighted by Gasteiger charge is 2.10. The summed E-state index contributed by atoms with van der Waals surface area (Å²) < 4.78 is 10.1. The Kier molecular flexibility index (Phi) is 7.64. The minimum Gasteiger partial charge on any atom is -0.482 e. The van der Waals surface area contributed by atoms with Gasteiger partial charge in [0, 0.05) is 22.2 Å². The molecule has 0 aliphatic rings. The van der Waals surface area contributed by atoms with Crippen LogP contribution >= 0.6 is 23.2 Å². The number of ether oxygens (including phenoxy) is 2. The number of nitrogens with one attached hydrogen (secondary N) is 1. The average Bonchev–Trinajstić information content (AvgIpc) is 2.64. The van der Waals surface area contributed by atoms with E-state index in [9.17, 15) is 14.4 Å². The molecule has 0 aliphatic heterocycles. The maximum Gasteiger partial charge on any atom is 0.344 e. The number of hydrogen-bond donors (Lipinski definition) is 1. The molecular weight excluding hydrogens is 393 g/mol. The second-order valence-electron chi connectivity index (χ2n) is 5.54. The third-order valence-electron chi connectivity index (χ3n) is 3.47. The third kappa shape index (κ3) is 6.92. The molecule has 0 heterocycles. The summed E-state index contributed by atoms with van der Waals surface area (Å²) in [6, 6.07) is 11.3. The van der Waals surface area contributed by atoms with Gasteiger partial charge in [0.15, 0.2) is 19.0 Å². The van der Waals surface area contributed by atoms with Crippen LogP contribution in [0.3, 0.4) is 0 Å². The minimum absolute atomic E-state index is 0.0631. The molecule has 142 valence electrons. The molecule has 0 spiro atoms. The molecule has 0 atom stereocenters. The Balaban J connectivity index is 1.70. The van der Waals surface area contributed by atoms with Crippen LogP contribution in [0.25, 0.3) is 0 Å². The zero-order valence-electron chi connectivity index (χ0n) is 14.5. The first-order valence-electron chi connectivity index (χ1n) is 7.95. The van der Waals surface area contributed by atoms with Crippen molar-refractivity contribution < 1.29 is 23.9 Å². The zero-order chi connectivity index (χ0) is 19.8. The summed E-state index contributed by atoms with van der Waals surface area (Å²) in [5, 5.41) is 3.52. The molecule has 2 aromatic rings. The van der Waals surface area contributed by atoms with Crippen molar-refractivity contribution in [2.45, 2.75) is 13.5 Å². The Morgan fingerprint density at radius 3 is 2.33 bits per heavy atom. The van der Waals surface area contributed by atoms with Crippen LogP contribution in [0.5, 0.6) is 5.75 Å². The molecule has 0 radical (unpaired) electrons. The Morgan fingerprint density at radius 2 is 1.70 bits per heavy atom. The van der Waals surface area contributed by atoms with Crippen molar-refractivity contribution in [3.05, 3.63) is 63.6 Å². The summed E-state index contributed by atoms with van der Waals surface area (Å²) in [5.41, 5.74) is 1.24. The lowest BCUT2D eigenvalue weighted by atomic mass is 10.1. The van der Waals surface area contributed by atoms with Crippen molar-refractivity contribution in [1.82, 2.24) is 5.32 Å². The number of ketones is 1. The van der Waals surface area contributed by atoms with E-state index in [0.717, 1.165) is 0 Å². The molecule has 0 fully saturated rings. The van der Waals surface area contributed by atoms with Crippen LogP contribution in [0.15, 0.2) is 42.5 Å². The van der Waals surface area contributed by atoms with Crippen LogP contribution in [-0.4, -0.2) is 30.9 Å². The summed E-state index contributed by atoms with van der Waals surface area (Å²) >= 11 is 11.8. The van der Waals surface area contributed by atoms with E-state index in [1.165, 1.54) is 6.92 Å². The zero-order valence-corrected chi connectivity index (χ0v) is 16.0. The normalized spacial score (nSPS) is 10.2. The largest absolute Gasteiger partial charge is 0.482 e. The third-order valence-corrected chi connectivity index (χ3v) is 4.06. The number of carbonyl (C=O) groups is 3. The van der Waals surface area contributed by atoms with Gasteiger partial charge in [-0.2, -0.15) is 0 Å². The molecule has 0 saturated carbocycles. The van der Waals surface area contributed by atoms with Gasteiger partial charge in [-0.1, -0.05) is 29.3 Å². The number of esters is 1. The summed E-state index contributed by atoms with van der Waals surface area (Å²) in [6.07, 6.45) is 0. The van der Waals surface area contributed by atoms with Gasteiger partial charge in [0.25, 0.3) is 5.91 Å². The molecule has 0 aromatic heterocycles. The first-order valence-corrected chi connectivity index (χ1v) is 8.71. The van der Waals surface area contributed by atoms with Crippen LogP contribution in [0.2, 0.25) is 10.0 Å². The van der Waals surface area contributed by atoms with Crippen molar-refractivity contribution in [2.24, 2.45) is 0 Å². The van der Waals surface area contributed by atoms with Crippen molar-refractivity contribution in [2.75, 3.05) is 13.2 Å². The Morgan fingerprint density at radius 1 is 1.00 bits per heavy atom. The molecule has 27 heavy (non-hydrogen) atoms. The molecule has 0 bridgehead atoms. The van der Waals surface area contributed by atoms with E-state index in [1.54, 1.807) is 42.5 Å². The fourth-order valence-corrected chi connectivity index (χ4v) is 2.50. The smallest absolute Gasteiger partial charge is 0.344 e. The maximum atomic E-state index is 11.7. The van der Waals surface area contributed by atoms with Gasteiger partial charge in [0.05, 0.1) is 0 Å². The topological polar surface area (TPSA) is 81.7 Å². The van der Waals surface area contributed by atoms with Crippen LogP contribution in [-0.2, 0) is 20.9 Å². The summed E-state index contributed by atoms with van der Waals surface area (Å²) in [4.78, 5) is 34.6. The van der Waals surface area contributed by atoms with Crippen LogP contribution in [0.1, 0.15) is 22.8 Å². The highest BCUT2D eigenvalue weighted by atomic mass is 35.5. The Hall–Kier alpha value is -2.57. The Bertz CT molecular complexity index is 836. The number of rotatable bonds is 8. The fraction of sp³-hybridized carbons (Fsp3) is 0.211. The average molecular weight is 410 g/mol. The number of Topliss-reactive ketones (excluding diaryl/α,β-unsaturated/α-hetero) is 1. The molecule has 0 aliphatic carbocycles. The van der Waals surface area contributed by atoms with E-state index in [2.05, 4.69) is 5.32 Å². The number of halogens is 2. The van der Waals surface area contributed by atoms with Gasteiger partial charge < -0.3 is 14.8 Å². The highest BCUT2D eigenvalue weighted by Crippen LogP contribution is 2.20. The molecule has 2 aromatic carbocycles. The van der Waals surface area contributed by atoms with Gasteiger partial charge in [-0.05, 0) is 48.9 Å². The summed E-state index contributed by atoms with van der Waals surface area (Å²) in [7, 11) is 0. The van der Waals surface area contributed by atoms with E-state index < -0.39 is 18.5 Å². The number of benzene rings is 2. The molecule has 0 saturated heterocycles. The summed E-state index contributed by atoms with van der Waals surface area (Å²) in [6.45, 7) is 0.858. The van der Waals surface area contributed by atoms with Gasteiger partial charge in [-0.25, -0.2) is 4.79 Å².